The Morgan fingerprint density at radius 2 is 2.00 bits per heavy atom. The van der Waals surface area contributed by atoms with Gasteiger partial charge in [-0.2, -0.15) is 0 Å². The van der Waals surface area contributed by atoms with E-state index in [-0.39, 0.29) is 11.1 Å². The lowest BCUT2D eigenvalue weighted by molar-refractivity contribution is -0.122. The van der Waals surface area contributed by atoms with Crippen molar-refractivity contribution in [2.75, 3.05) is 20.8 Å². The van der Waals surface area contributed by atoms with Crippen molar-refractivity contribution in [3.8, 4) is 11.5 Å². The Labute approximate surface area is 139 Å². The van der Waals surface area contributed by atoms with Gasteiger partial charge in [-0.05, 0) is 48.9 Å². The lowest BCUT2D eigenvalue weighted by Gasteiger charge is -2.13. The van der Waals surface area contributed by atoms with Crippen molar-refractivity contribution in [1.29, 1.82) is 0 Å². The van der Waals surface area contributed by atoms with Crippen molar-refractivity contribution in [2.45, 2.75) is 13.3 Å². The average molecular weight is 333 g/mol. The van der Waals surface area contributed by atoms with Crippen LogP contribution in [0.2, 0.25) is 0 Å². The van der Waals surface area contributed by atoms with E-state index in [1.165, 1.54) is 4.90 Å². The lowest BCUT2D eigenvalue weighted by Crippen LogP contribution is -2.27. The Morgan fingerprint density at radius 1 is 1.26 bits per heavy atom. The molecule has 5 nitrogen and oxygen atoms in total. The summed E-state index contributed by atoms with van der Waals surface area (Å²) in [4.78, 5) is 25.6. The number of benzene rings is 1. The third-order valence-electron chi connectivity index (χ3n) is 3.43. The minimum Gasteiger partial charge on any atom is -0.493 e. The van der Waals surface area contributed by atoms with E-state index in [0.29, 0.717) is 29.4 Å². The molecule has 1 saturated heterocycles. The molecule has 23 heavy (non-hydrogen) atoms. The lowest BCUT2D eigenvalue weighted by atomic mass is 10.0. The number of nitrogens with zero attached hydrogens (tertiary/aromatic N) is 1. The van der Waals surface area contributed by atoms with Crippen molar-refractivity contribution in [3.63, 3.8) is 0 Å². The molecule has 0 aromatic heterocycles. The molecule has 1 aliphatic heterocycles. The standard InChI is InChI=1S/C17H19NO4S/c1-5-7-12-8-11(9-13(21-3)15(12)22-4)10-14-16(19)18(6-2)17(20)23-14/h5,8-10H,1,6-7H2,2-4H3/b14-10-. The maximum atomic E-state index is 12.2. The van der Waals surface area contributed by atoms with Gasteiger partial charge < -0.3 is 9.47 Å². The number of imide groups is 1. The minimum atomic E-state index is -0.262. The van der Waals surface area contributed by atoms with Gasteiger partial charge in [-0.1, -0.05) is 6.08 Å². The predicted octanol–water partition coefficient (Wildman–Crippen LogP) is 3.49. The Morgan fingerprint density at radius 3 is 2.52 bits per heavy atom. The van der Waals surface area contributed by atoms with Gasteiger partial charge in [0.2, 0.25) is 0 Å². The van der Waals surface area contributed by atoms with Crippen molar-refractivity contribution < 1.29 is 19.1 Å². The summed E-state index contributed by atoms with van der Waals surface area (Å²) in [5.41, 5.74) is 1.68. The number of likely N-dealkylation sites (N-methyl/N-ethyl adjacent to an activating group) is 1. The Kier molecular flexibility index (Phi) is 5.50. The smallest absolute Gasteiger partial charge is 0.293 e. The van der Waals surface area contributed by atoms with Gasteiger partial charge in [0.1, 0.15) is 0 Å². The molecule has 2 rings (SSSR count). The first kappa shape index (κ1) is 17.1. The number of methoxy groups -OCH3 is 2. The SMILES string of the molecule is C=CCc1cc(/C=C2\SC(=O)N(CC)C2=O)cc(OC)c1OC. The normalized spacial score (nSPS) is 16.1. The molecule has 0 saturated carbocycles. The first-order valence-electron chi connectivity index (χ1n) is 7.16. The van der Waals surface area contributed by atoms with Gasteiger partial charge in [0.05, 0.1) is 19.1 Å². The first-order valence-corrected chi connectivity index (χ1v) is 7.98. The topological polar surface area (TPSA) is 55.8 Å². The zero-order valence-electron chi connectivity index (χ0n) is 13.4. The monoisotopic (exact) mass is 333 g/mol. The largest absolute Gasteiger partial charge is 0.493 e. The second-order valence-electron chi connectivity index (χ2n) is 4.83. The second-order valence-corrected chi connectivity index (χ2v) is 5.83. The van der Waals surface area contributed by atoms with Crippen LogP contribution < -0.4 is 9.47 Å². The van der Waals surface area contributed by atoms with Gasteiger partial charge in [0, 0.05) is 12.1 Å². The summed E-state index contributed by atoms with van der Waals surface area (Å²) in [6.45, 7) is 5.89. The van der Waals surface area contributed by atoms with Gasteiger partial charge in [-0.3, -0.25) is 14.5 Å². The third-order valence-corrected chi connectivity index (χ3v) is 4.34. The molecular weight excluding hydrogens is 314 g/mol. The molecule has 1 aromatic rings. The van der Waals surface area contributed by atoms with Crippen LogP contribution in [0.1, 0.15) is 18.1 Å². The second kappa shape index (κ2) is 7.37. The maximum absolute atomic E-state index is 12.2. The molecule has 0 N–H and O–H groups in total. The number of carbonyl (C=O) groups is 2. The fraction of sp³-hybridized carbons (Fsp3) is 0.294. The molecule has 0 unspecified atom stereocenters. The van der Waals surface area contributed by atoms with Gasteiger partial charge >= 0.3 is 0 Å². The van der Waals surface area contributed by atoms with Crippen molar-refractivity contribution in [2.24, 2.45) is 0 Å². The fourth-order valence-corrected chi connectivity index (χ4v) is 3.28. The van der Waals surface area contributed by atoms with Crippen molar-refractivity contribution in [3.05, 3.63) is 40.8 Å². The van der Waals surface area contributed by atoms with E-state index < -0.39 is 0 Å². The van der Waals surface area contributed by atoms with Crippen molar-refractivity contribution >= 4 is 29.0 Å². The number of hydrogen-bond acceptors (Lipinski definition) is 5. The number of thioether (sulfide) groups is 1. The van der Waals surface area contributed by atoms with Crippen LogP contribution in [0.3, 0.4) is 0 Å². The summed E-state index contributed by atoms with van der Waals surface area (Å²) >= 11 is 0.950. The van der Waals surface area contributed by atoms with E-state index in [2.05, 4.69) is 6.58 Å². The number of rotatable bonds is 6. The first-order chi connectivity index (χ1) is 11.0. The van der Waals surface area contributed by atoms with Crippen LogP contribution in [0, 0.1) is 0 Å². The van der Waals surface area contributed by atoms with Gasteiger partial charge in [0.15, 0.2) is 11.5 Å². The van der Waals surface area contributed by atoms with E-state index in [4.69, 9.17) is 9.47 Å². The Hall–Kier alpha value is -2.21. The molecule has 0 atom stereocenters. The number of ether oxygens (including phenoxy) is 2. The average Bonchev–Trinajstić information content (AvgIpc) is 2.80. The maximum Gasteiger partial charge on any atom is 0.293 e. The highest BCUT2D eigenvalue weighted by Crippen LogP contribution is 2.36. The van der Waals surface area contributed by atoms with E-state index >= 15 is 0 Å². The van der Waals surface area contributed by atoms with E-state index in [1.54, 1.807) is 39.4 Å². The molecule has 0 bridgehead atoms. The molecule has 1 aliphatic rings. The Balaban J connectivity index is 2.46. The van der Waals surface area contributed by atoms with Gasteiger partial charge in [-0.25, -0.2) is 0 Å². The quantitative estimate of drug-likeness (QED) is 0.589. The summed E-state index contributed by atoms with van der Waals surface area (Å²) in [6.07, 6.45) is 4.08. The third kappa shape index (κ3) is 3.42. The molecule has 0 spiro atoms. The van der Waals surface area contributed by atoms with Crippen LogP contribution >= 0.6 is 11.8 Å². The molecular formula is C17H19NO4S. The summed E-state index contributed by atoms with van der Waals surface area (Å²) in [6, 6.07) is 3.69. The number of allylic oxidation sites excluding steroid dienone is 1. The zero-order chi connectivity index (χ0) is 17.0. The van der Waals surface area contributed by atoms with E-state index in [1.807, 2.05) is 6.07 Å². The van der Waals surface area contributed by atoms with Crippen molar-refractivity contribution in [1.82, 2.24) is 4.90 Å². The summed E-state index contributed by atoms with van der Waals surface area (Å²) < 4.78 is 10.8. The zero-order valence-corrected chi connectivity index (χ0v) is 14.2. The molecule has 1 aromatic carbocycles. The van der Waals surface area contributed by atoms with E-state index in [9.17, 15) is 9.59 Å². The minimum absolute atomic E-state index is 0.240. The van der Waals surface area contributed by atoms with Crippen LogP contribution in [0.4, 0.5) is 4.79 Å². The molecule has 1 heterocycles. The van der Waals surface area contributed by atoms with Crippen LogP contribution in [-0.4, -0.2) is 36.8 Å². The Bertz CT molecular complexity index is 681. The highest BCUT2D eigenvalue weighted by atomic mass is 32.2. The highest BCUT2D eigenvalue weighted by molar-refractivity contribution is 8.18. The highest BCUT2D eigenvalue weighted by Gasteiger charge is 2.33. The molecule has 6 heteroatoms. The van der Waals surface area contributed by atoms with Crippen LogP contribution in [0.15, 0.2) is 29.7 Å². The molecule has 1 fully saturated rings. The molecule has 0 radical (unpaired) electrons. The van der Waals surface area contributed by atoms with Gasteiger partial charge in [0.25, 0.3) is 11.1 Å². The van der Waals surface area contributed by atoms with E-state index in [0.717, 1.165) is 22.9 Å². The molecule has 2 amide bonds. The van der Waals surface area contributed by atoms with Crippen LogP contribution in [-0.2, 0) is 11.2 Å². The van der Waals surface area contributed by atoms with Crippen LogP contribution in [0.25, 0.3) is 6.08 Å². The number of amides is 2. The summed E-state index contributed by atoms with van der Waals surface area (Å²) in [5.74, 6) is 0.960. The van der Waals surface area contributed by atoms with Gasteiger partial charge in [-0.15, -0.1) is 6.58 Å². The van der Waals surface area contributed by atoms with Crippen LogP contribution in [0.5, 0.6) is 11.5 Å². The fourth-order valence-electron chi connectivity index (χ4n) is 2.38. The summed E-state index contributed by atoms with van der Waals surface area (Å²) in [5, 5.41) is -0.240. The number of carbonyl (C=O) groups excluding carboxylic acids is 2. The summed E-state index contributed by atoms with van der Waals surface area (Å²) in [7, 11) is 3.14. The number of hydrogen-bond donors (Lipinski definition) is 0. The molecule has 0 aliphatic carbocycles. The molecule has 122 valence electrons. The predicted molar refractivity (Wildman–Crippen MR) is 91.8 cm³/mol.